The second-order valence-electron chi connectivity index (χ2n) is 7.68. The molecule has 0 fully saturated rings. The number of methoxy groups -OCH3 is 1. The van der Waals surface area contributed by atoms with Crippen LogP contribution in [-0.2, 0) is 14.8 Å². The summed E-state index contributed by atoms with van der Waals surface area (Å²) >= 11 is 0. The normalized spacial score (nSPS) is 12.5. The summed E-state index contributed by atoms with van der Waals surface area (Å²) < 4.78 is 37.9. The highest BCUT2D eigenvalue weighted by molar-refractivity contribution is 7.92. The molecule has 11 heteroatoms. The van der Waals surface area contributed by atoms with Crippen molar-refractivity contribution in [2.24, 2.45) is 0 Å². The summed E-state index contributed by atoms with van der Waals surface area (Å²) in [6.45, 7) is 5.37. The first-order chi connectivity index (χ1) is 13.9. The molecule has 0 heterocycles. The molecule has 1 rings (SSSR count). The largest absolute Gasteiger partial charge is 0.497 e. The highest BCUT2D eigenvalue weighted by atomic mass is 32.2. The van der Waals surface area contributed by atoms with Crippen LogP contribution in [0.3, 0.4) is 0 Å². The molecule has 0 bridgehead atoms. The van der Waals surface area contributed by atoms with Gasteiger partial charge in [-0.2, -0.15) is 0 Å². The van der Waals surface area contributed by atoms with Crippen molar-refractivity contribution >= 4 is 27.9 Å². The van der Waals surface area contributed by atoms with Crippen LogP contribution >= 0.6 is 0 Å². The molecule has 0 radical (unpaired) electrons. The number of benzene rings is 1. The molecule has 1 aromatic carbocycles. The number of carbonyl (C=O) groups excluding carboxylic acids is 1. The molecule has 0 unspecified atom stereocenters. The Labute approximate surface area is 177 Å². The number of hydrogen-bond donors (Lipinski definition) is 4. The summed E-state index contributed by atoms with van der Waals surface area (Å²) in [6, 6.07) is 5.70. The summed E-state index contributed by atoms with van der Waals surface area (Å²) in [5.41, 5.74) is -0.349. The van der Waals surface area contributed by atoms with Crippen molar-refractivity contribution in [3.63, 3.8) is 0 Å². The van der Waals surface area contributed by atoms with Gasteiger partial charge >= 0.3 is 12.2 Å². The van der Waals surface area contributed by atoms with Crippen molar-refractivity contribution < 1.29 is 32.6 Å². The molecule has 0 spiro atoms. The fourth-order valence-electron chi connectivity index (χ4n) is 2.53. The van der Waals surface area contributed by atoms with E-state index < -0.39 is 33.9 Å². The molecule has 1 atom stereocenters. The molecule has 1 aromatic rings. The predicted molar refractivity (Wildman–Crippen MR) is 113 cm³/mol. The minimum Gasteiger partial charge on any atom is -0.497 e. The average Bonchev–Trinajstić information content (AvgIpc) is 2.59. The number of alkyl carbamates (subject to hydrolysis) is 1. The summed E-state index contributed by atoms with van der Waals surface area (Å²) in [4.78, 5) is 22.6. The number of nitrogens with one attached hydrogen (secondary N) is 3. The number of sulfonamides is 1. The van der Waals surface area contributed by atoms with E-state index in [1.807, 2.05) is 0 Å². The first kappa shape index (κ1) is 25.3. The third-order valence-corrected chi connectivity index (χ3v) is 5.15. The van der Waals surface area contributed by atoms with E-state index in [9.17, 15) is 18.0 Å². The van der Waals surface area contributed by atoms with Crippen LogP contribution in [0, 0.1) is 0 Å². The molecule has 170 valence electrons. The van der Waals surface area contributed by atoms with Gasteiger partial charge in [-0.1, -0.05) is 0 Å². The number of carbonyl (C=O) groups is 2. The maximum atomic E-state index is 12.6. The predicted octanol–water partition coefficient (Wildman–Crippen LogP) is 2.77. The number of amides is 2. The standard InChI is InChI=1S/C19H31N3O7S/c1-19(2,3)29-18(25)21-15(7-5-6-12-20-17(23)24)13-30(26,27)22-14-8-10-16(28-4)11-9-14/h8-11,15,20,22H,5-7,12-13H2,1-4H3,(H,21,25)(H,23,24)/t15-/m0/s1. The second kappa shape index (κ2) is 11.5. The maximum Gasteiger partial charge on any atom is 0.407 e. The van der Waals surface area contributed by atoms with Gasteiger partial charge in [0.25, 0.3) is 0 Å². The molecule has 4 N–H and O–H groups in total. The minimum absolute atomic E-state index is 0.241. The Morgan fingerprint density at radius 2 is 1.77 bits per heavy atom. The van der Waals surface area contributed by atoms with E-state index in [1.54, 1.807) is 45.0 Å². The fraction of sp³-hybridized carbons (Fsp3) is 0.579. The van der Waals surface area contributed by atoms with Crippen molar-refractivity contribution in [3.8, 4) is 5.75 Å². The smallest absolute Gasteiger partial charge is 0.407 e. The second-order valence-corrected chi connectivity index (χ2v) is 9.45. The Morgan fingerprint density at radius 1 is 1.13 bits per heavy atom. The van der Waals surface area contributed by atoms with Gasteiger partial charge in [-0.05, 0) is 64.3 Å². The third-order valence-electron chi connectivity index (χ3n) is 3.76. The van der Waals surface area contributed by atoms with Crippen molar-refractivity contribution in [2.75, 3.05) is 24.1 Å². The third kappa shape index (κ3) is 11.3. The van der Waals surface area contributed by atoms with Crippen LogP contribution in [0.25, 0.3) is 0 Å². The summed E-state index contributed by atoms with van der Waals surface area (Å²) in [7, 11) is -2.26. The van der Waals surface area contributed by atoms with Crippen molar-refractivity contribution in [2.45, 2.75) is 51.7 Å². The lowest BCUT2D eigenvalue weighted by Crippen LogP contribution is -2.43. The molecule has 0 aliphatic rings. The summed E-state index contributed by atoms with van der Waals surface area (Å²) in [5, 5.41) is 13.4. The van der Waals surface area contributed by atoms with Gasteiger partial charge in [0.05, 0.1) is 12.9 Å². The monoisotopic (exact) mass is 445 g/mol. The Hall–Kier alpha value is -2.69. The summed E-state index contributed by atoms with van der Waals surface area (Å²) in [6.07, 6.45) is -0.478. The van der Waals surface area contributed by atoms with E-state index in [4.69, 9.17) is 14.6 Å². The lowest BCUT2D eigenvalue weighted by molar-refractivity contribution is 0.0506. The molecule has 0 aliphatic carbocycles. The van der Waals surface area contributed by atoms with Gasteiger partial charge in [0.2, 0.25) is 10.0 Å². The van der Waals surface area contributed by atoms with E-state index >= 15 is 0 Å². The zero-order chi connectivity index (χ0) is 22.8. The van der Waals surface area contributed by atoms with Gasteiger partial charge in [0, 0.05) is 18.3 Å². The van der Waals surface area contributed by atoms with E-state index in [0.717, 1.165) is 0 Å². The van der Waals surface area contributed by atoms with Gasteiger partial charge in [-0.25, -0.2) is 18.0 Å². The zero-order valence-corrected chi connectivity index (χ0v) is 18.5. The van der Waals surface area contributed by atoms with Crippen molar-refractivity contribution in [1.82, 2.24) is 10.6 Å². The number of hydrogen-bond acceptors (Lipinski definition) is 6. The molecule has 10 nitrogen and oxygen atoms in total. The first-order valence-corrected chi connectivity index (χ1v) is 11.2. The first-order valence-electron chi connectivity index (χ1n) is 9.51. The van der Waals surface area contributed by atoms with Gasteiger partial charge in [-0.15, -0.1) is 0 Å². The number of unbranched alkanes of at least 4 members (excludes halogenated alkanes) is 1. The fourth-order valence-corrected chi connectivity index (χ4v) is 3.89. The van der Waals surface area contributed by atoms with Gasteiger partial charge in [0.1, 0.15) is 11.4 Å². The van der Waals surface area contributed by atoms with Crippen LogP contribution in [0.2, 0.25) is 0 Å². The van der Waals surface area contributed by atoms with Crippen molar-refractivity contribution in [3.05, 3.63) is 24.3 Å². The van der Waals surface area contributed by atoms with Crippen LogP contribution in [0.5, 0.6) is 5.75 Å². The van der Waals surface area contributed by atoms with Crippen LogP contribution in [0.15, 0.2) is 24.3 Å². The highest BCUT2D eigenvalue weighted by Crippen LogP contribution is 2.17. The number of ether oxygens (including phenoxy) is 2. The van der Waals surface area contributed by atoms with Crippen LogP contribution in [-0.4, -0.2) is 56.8 Å². The molecule has 0 aromatic heterocycles. The lowest BCUT2D eigenvalue weighted by atomic mass is 10.1. The molecule has 0 saturated heterocycles. The van der Waals surface area contributed by atoms with E-state index in [1.165, 1.54) is 7.11 Å². The SMILES string of the molecule is COc1ccc(NS(=O)(=O)C[C@H](CCCCNC(=O)O)NC(=O)OC(C)(C)C)cc1. The van der Waals surface area contributed by atoms with E-state index in [0.29, 0.717) is 30.7 Å². The van der Waals surface area contributed by atoms with Gasteiger partial charge in [-0.3, -0.25) is 4.72 Å². The number of anilines is 1. The Balaban J connectivity index is 2.74. The molecule has 2 amide bonds. The summed E-state index contributed by atoms with van der Waals surface area (Å²) in [5.74, 6) is 0.238. The van der Waals surface area contributed by atoms with Crippen LogP contribution in [0.4, 0.5) is 15.3 Å². The number of carboxylic acid groups (broad SMARTS) is 1. The van der Waals surface area contributed by atoms with E-state index in [-0.39, 0.29) is 12.3 Å². The lowest BCUT2D eigenvalue weighted by Gasteiger charge is -2.24. The maximum absolute atomic E-state index is 12.6. The van der Waals surface area contributed by atoms with Crippen molar-refractivity contribution in [1.29, 1.82) is 0 Å². The van der Waals surface area contributed by atoms with Gasteiger partial charge in [0.15, 0.2) is 0 Å². The van der Waals surface area contributed by atoms with Crippen LogP contribution in [0.1, 0.15) is 40.0 Å². The average molecular weight is 446 g/mol. The molecule has 0 saturated carbocycles. The van der Waals surface area contributed by atoms with E-state index in [2.05, 4.69) is 15.4 Å². The quantitative estimate of drug-likeness (QED) is 0.383. The zero-order valence-electron chi connectivity index (χ0n) is 17.7. The molecule has 0 aliphatic heterocycles. The molecular weight excluding hydrogens is 414 g/mol. The molecule has 30 heavy (non-hydrogen) atoms. The van der Waals surface area contributed by atoms with Crippen LogP contribution < -0.4 is 20.1 Å². The molecular formula is C19H31N3O7S. The highest BCUT2D eigenvalue weighted by Gasteiger charge is 2.24. The Bertz CT molecular complexity index is 789. The number of rotatable bonds is 11. The van der Waals surface area contributed by atoms with Gasteiger partial charge < -0.3 is 25.2 Å². The minimum atomic E-state index is -3.77. The topological polar surface area (TPSA) is 143 Å². The Kier molecular flexibility index (Phi) is 9.70. The Morgan fingerprint density at radius 3 is 2.30 bits per heavy atom.